The monoisotopic (exact) mass is 405 g/mol. The Balaban J connectivity index is 1.76. The molecule has 1 aromatic carbocycles. The van der Waals surface area contributed by atoms with Gasteiger partial charge in [0, 0.05) is 35.0 Å². The molecule has 0 fully saturated rings. The first-order chi connectivity index (χ1) is 13.1. The topological polar surface area (TPSA) is 61.6 Å². The van der Waals surface area contributed by atoms with Crippen LogP contribution in [0.5, 0.6) is 5.75 Å². The Kier molecular flexibility index (Phi) is 6.37. The Labute approximate surface area is 166 Å². The summed E-state index contributed by atoms with van der Waals surface area (Å²) in [5.74, 6) is 0.937. The molecule has 0 bridgehead atoms. The highest BCUT2D eigenvalue weighted by molar-refractivity contribution is 6.31. The van der Waals surface area contributed by atoms with Gasteiger partial charge in [-0.15, -0.1) is 0 Å². The lowest BCUT2D eigenvalue weighted by molar-refractivity contribution is 0.0488. The Morgan fingerprint density at radius 3 is 2.78 bits per heavy atom. The van der Waals surface area contributed by atoms with Crippen LogP contribution in [0.4, 0.5) is 0 Å². The lowest BCUT2D eigenvalue weighted by Gasteiger charge is -2.12. The Bertz CT molecular complexity index is 939. The van der Waals surface area contributed by atoms with Crippen molar-refractivity contribution in [1.29, 1.82) is 0 Å². The molecule has 0 unspecified atom stereocenters. The molecule has 0 saturated carbocycles. The maximum absolute atomic E-state index is 11.7. The van der Waals surface area contributed by atoms with Gasteiger partial charge in [-0.1, -0.05) is 23.2 Å². The van der Waals surface area contributed by atoms with Crippen molar-refractivity contribution in [2.24, 2.45) is 0 Å². The maximum atomic E-state index is 11.7. The Morgan fingerprint density at radius 2 is 2.00 bits per heavy atom. The van der Waals surface area contributed by atoms with Crippen LogP contribution in [0, 0.1) is 0 Å². The van der Waals surface area contributed by atoms with Crippen LogP contribution in [0.25, 0.3) is 0 Å². The standard InChI is InChI=1S/C20H17Cl2NO4/c1-2-25-20(24)19-6-4-16(27-19)10-14-9-15(21)3-5-18(14)26-12-13-7-8-23-11-17(13)22/h3-9,11H,2,10,12H2,1H3. The second-order valence-corrected chi connectivity index (χ2v) is 6.51. The van der Waals surface area contributed by atoms with Crippen molar-refractivity contribution in [3.8, 4) is 5.75 Å². The van der Waals surface area contributed by atoms with E-state index in [1.54, 1.807) is 55.7 Å². The number of hydrogen-bond donors (Lipinski definition) is 0. The summed E-state index contributed by atoms with van der Waals surface area (Å²) in [6.45, 7) is 2.33. The molecule has 0 aliphatic heterocycles. The first-order valence-corrected chi connectivity index (χ1v) is 9.08. The predicted molar refractivity (Wildman–Crippen MR) is 103 cm³/mol. The molecule has 5 nitrogen and oxygen atoms in total. The maximum Gasteiger partial charge on any atom is 0.374 e. The van der Waals surface area contributed by atoms with Gasteiger partial charge in [0.1, 0.15) is 18.1 Å². The molecular weight excluding hydrogens is 389 g/mol. The van der Waals surface area contributed by atoms with Gasteiger partial charge in [-0.25, -0.2) is 4.79 Å². The molecule has 2 heterocycles. The number of furan rings is 1. The lowest BCUT2D eigenvalue weighted by Crippen LogP contribution is -2.02. The van der Waals surface area contributed by atoms with Crippen LogP contribution in [-0.2, 0) is 17.8 Å². The van der Waals surface area contributed by atoms with Crippen LogP contribution in [0.15, 0.2) is 53.2 Å². The van der Waals surface area contributed by atoms with Gasteiger partial charge in [-0.3, -0.25) is 4.98 Å². The summed E-state index contributed by atoms with van der Waals surface area (Å²) in [6.07, 6.45) is 3.65. The molecule has 0 saturated heterocycles. The van der Waals surface area contributed by atoms with Gasteiger partial charge in [0.05, 0.1) is 11.6 Å². The number of halogens is 2. The zero-order valence-corrected chi connectivity index (χ0v) is 16.1. The number of carbonyl (C=O) groups is 1. The van der Waals surface area contributed by atoms with Gasteiger partial charge >= 0.3 is 5.97 Å². The molecule has 140 valence electrons. The van der Waals surface area contributed by atoms with Crippen LogP contribution < -0.4 is 4.74 Å². The number of esters is 1. The van der Waals surface area contributed by atoms with E-state index < -0.39 is 5.97 Å². The normalized spacial score (nSPS) is 10.6. The third-order valence-corrected chi connectivity index (χ3v) is 4.34. The summed E-state index contributed by atoms with van der Waals surface area (Å²) in [7, 11) is 0. The van der Waals surface area contributed by atoms with Crippen LogP contribution in [0.1, 0.15) is 34.4 Å². The highest BCUT2D eigenvalue weighted by Gasteiger charge is 2.14. The SMILES string of the molecule is CCOC(=O)c1ccc(Cc2cc(Cl)ccc2OCc2ccncc2Cl)o1. The largest absolute Gasteiger partial charge is 0.489 e. The molecule has 7 heteroatoms. The van der Waals surface area contributed by atoms with E-state index in [2.05, 4.69) is 4.98 Å². The van der Waals surface area contributed by atoms with Crippen molar-refractivity contribution in [2.45, 2.75) is 20.0 Å². The smallest absolute Gasteiger partial charge is 0.374 e. The van der Waals surface area contributed by atoms with E-state index in [9.17, 15) is 4.79 Å². The molecule has 0 radical (unpaired) electrons. The van der Waals surface area contributed by atoms with Gasteiger partial charge in [-0.05, 0) is 43.3 Å². The summed E-state index contributed by atoms with van der Waals surface area (Å²) in [5, 5.41) is 1.12. The van der Waals surface area contributed by atoms with Gasteiger partial charge < -0.3 is 13.9 Å². The first kappa shape index (κ1) is 19.3. The zero-order chi connectivity index (χ0) is 19.2. The average molecular weight is 406 g/mol. The molecular formula is C20H17Cl2NO4. The molecule has 0 aliphatic rings. The van der Waals surface area contributed by atoms with Crippen molar-refractivity contribution < 1.29 is 18.7 Å². The van der Waals surface area contributed by atoms with Crippen molar-refractivity contribution in [3.63, 3.8) is 0 Å². The molecule has 0 atom stereocenters. The number of rotatable bonds is 7. The Hall–Kier alpha value is -2.50. The van der Waals surface area contributed by atoms with Crippen molar-refractivity contribution in [1.82, 2.24) is 4.98 Å². The number of hydrogen-bond acceptors (Lipinski definition) is 5. The summed E-state index contributed by atoms with van der Waals surface area (Å²) < 4.78 is 16.4. The number of carbonyl (C=O) groups excluding carboxylic acids is 1. The van der Waals surface area contributed by atoms with E-state index in [0.717, 1.165) is 11.1 Å². The molecule has 0 spiro atoms. The fourth-order valence-corrected chi connectivity index (χ4v) is 2.84. The highest BCUT2D eigenvalue weighted by Crippen LogP contribution is 2.27. The van der Waals surface area contributed by atoms with Gasteiger partial charge in [-0.2, -0.15) is 0 Å². The number of pyridine rings is 1. The van der Waals surface area contributed by atoms with E-state index in [0.29, 0.717) is 41.2 Å². The molecule has 2 aromatic heterocycles. The summed E-state index contributed by atoms with van der Waals surface area (Å²) in [6, 6.07) is 10.5. The van der Waals surface area contributed by atoms with Crippen molar-refractivity contribution in [3.05, 3.63) is 81.5 Å². The van der Waals surface area contributed by atoms with Crippen LogP contribution in [0.2, 0.25) is 10.0 Å². The zero-order valence-electron chi connectivity index (χ0n) is 14.6. The highest BCUT2D eigenvalue weighted by atomic mass is 35.5. The van der Waals surface area contributed by atoms with Crippen molar-refractivity contribution >= 4 is 29.2 Å². The molecule has 0 aliphatic carbocycles. The first-order valence-electron chi connectivity index (χ1n) is 8.32. The minimum atomic E-state index is -0.487. The van der Waals surface area contributed by atoms with Crippen molar-refractivity contribution in [2.75, 3.05) is 6.61 Å². The lowest BCUT2D eigenvalue weighted by atomic mass is 10.1. The van der Waals surface area contributed by atoms with Crippen LogP contribution in [0.3, 0.4) is 0 Å². The van der Waals surface area contributed by atoms with Gasteiger partial charge in [0.15, 0.2) is 0 Å². The molecule has 0 N–H and O–H groups in total. The molecule has 3 aromatic rings. The number of nitrogens with zero attached hydrogens (tertiary/aromatic N) is 1. The van der Waals surface area contributed by atoms with E-state index >= 15 is 0 Å². The number of benzene rings is 1. The third kappa shape index (κ3) is 5.02. The van der Waals surface area contributed by atoms with Crippen LogP contribution in [-0.4, -0.2) is 17.6 Å². The van der Waals surface area contributed by atoms with E-state index in [1.165, 1.54) is 0 Å². The Morgan fingerprint density at radius 1 is 1.15 bits per heavy atom. The second kappa shape index (κ2) is 8.93. The minimum absolute atomic E-state index is 0.167. The summed E-state index contributed by atoms with van der Waals surface area (Å²) in [4.78, 5) is 15.7. The van der Waals surface area contributed by atoms with E-state index in [4.69, 9.17) is 37.1 Å². The average Bonchev–Trinajstić information content (AvgIpc) is 3.11. The number of ether oxygens (including phenoxy) is 2. The fourth-order valence-electron chi connectivity index (χ4n) is 2.48. The predicted octanol–water partition coefficient (Wildman–Crippen LogP) is 5.33. The summed E-state index contributed by atoms with van der Waals surface area (Å²) >= 11 is 12.3. The fraction of sp³-hybridized carbons (Fsp3) is 0.200. The van der Waals surface area contributed by atoms with Gasteiger partial charge in [0.2, 0.25) is 5.76 Å². The second-order valence-electron chi connectivity index (χ2n) is 5.67. The van der Waals surface area contributed by atoms with E-state index in [-0.39, 0.29) is 5.76 Å². The molecule has 0 amide bonds. The quantitative estimate of drug-likeness (QED) is 0.497. The number of aromatic nitrogens is 1. The third-order valence-electron chi connectivity index (χ3n) is 3.77. The minimum Gasteiger partial charge on any atom is -0.489 e. The molecule has 27 heavy (non-hydrogen) atoms. The van der Waals surface area contributed by atoms with Crippen LogP contribution >= 0.6 is 23.2 Å². The molecule has 3 rings (SSSR count). The summed E-state index contributed by atoms with van der Waals surface area (Å²) in [5.41, 5.74) is 1.66. The van der Waals surface area contributed by atoms with E-state index in [1.807, 2.05) is 0 Å². The van der Waals surface area contributed by atoms with Gasteiger partial charge in [0.25, 0.3) is 0 Å².